The van der Waals surface area contributed by atoms with Crippen molar-refractivity contribution >= 4 is 5.97 Å². The van der Waals surface area contributed by atoms with Gasteiger partial charge in [-0.2, -0.15) is 0 Å². The van der Waals surface area contributed by atoms with Gasteiger partial charge in [0.2, 0.25) is 0 Å². The van der Waals surface area contributed by atoms with Crippen LogP contribution in [0.4, 0.5) is 0 Å². The topological polar surface area (TPSA) is 43.8 Å². The third-order valence-electron chi connectivity index (χ3n) is 4.82. The van der Waals surface area contributed by atoms with Crippen molar-refractivity contribution in [3.63, 3.8) is 0 Å². The zero-order chi connectivity index (χ0) is 14.7. The predicted octanol–water partition coefficient (Wildman–Crippen LogP) is 2.37. The summed E-state index contributed by atoms with van der Waals surface area (Å²) in [5, 5.41) is 9.63. The molecule has 114 valence electrons. The van der Waals surface area contributed by atoms with E-state index in [0.29, 0.717) is 6.04 Å². The lowest BCUT2D eigenvalue weighted by Gasteiger charge is -2.33. The van der Waals surface area contributed by atoms with Gasteiger partial charge in [-0.15, -0.1) is 0 Å². The smallest absolute Gasteiger partial charge is 0.325 e. The van der Waals surface area contributed by atoms with E-state index in [2.05, 4.69) is 9.80 Å². The van der Waals surface area contributed by atoms with Crippen molar-refractivity contribution < 1.29 is 9.90 Å². The molecule has 0 saturated carbocycles. The first-order chi connectivity index (χ1) is 10.3. The Morgan fingerprint density at radius 2 is 1.81 bits per heavy atom. The minimum absolute atomic E-state index is 0.499. The molecule has 0 aromatic heterocycles. The number of rotatable bonds is 4. The summed E-state index contributed by atoms with van der Waals surface area (Å²) in [5.41, 5.74) is 0.893. The van der Waals surface area contributed by atoms with E-state index in [4.69, 9.17) is 0 Å². The standard InChI is InChI=1S/C17H24N2O2/c20-17(21)16(14-7-3-1-4-8-14)19-12-9-15(13-19)18-10-5-2-6-11-18/h1,3-4,7-8,15-16H,2,5-6,9-13H2,(H,20,21). The number of likely N-dealkylation sites (tertiary alicyclic amines) is 2. The molecule has 2 aliphatic heterocycles. The molecule has 0 spiro atoms. The number of carbonyl (C=O) groups is 1. The van der Waals surface area contributed by atoms with Crippen molar-refractivity contribution in [1.82, 2.24) is 9.80 Å². The molecular weight excluding hydrogens is 264 g/mol. The Morgan fingerprint density at radius 3 is 2.48 bits per heavy atom. The first-order valence-corrected chi connectivity index (χ1v) is 8.01. The van der Waals surface area contributed by atoms with E-state index in [9.17, 15) is 9.90 Å². The van der Waals surface area contributed by atoms with Gasteiger partial charge in [0.05, 0.1) is 0 Å². The molecule has 0 amide bonds. The highest BCUT2D eigenvalue weighted by atomic mass is 16.4. The number of hydrogen-bond donors (Lipinski definition) is 1. The molecule has 3 rings (SSSR count). The first kappa shape index (κ1) is 14.5. The molecule has 2 aliphatic rings. The van der Waals surface area contributed by atoms with Crippen LogP contribution in [0.15, 0.2) is 30.3 Å². The van der Waals surface area contributed by atoms with Crippen LogP contribution in [0.3, 0.4) is 0 Å². The second-order valence-electron chi connectivity index (χ2n) is 6.19. The molecule has 4 heteroatoms. The molecule has 4 nitrogen and oxygen atoms in total. The normalized spacial score (nSPS) is 25.8. The number of benzene rings is 1. The van der Waals surface area contributed by atoms with Gasteiger partial charge in [-0.05, 0) is 37.9 Å². The van der Waals surface area contributed by atoms with Crippen molar-refractivity contribution in [3.8, 4) is 0 Å². The zero-order valence-electron chi connectivity index (χ0n) is 12.4. The summed E-state index contributed by atoms with van der Waals surface area (Å²) in [7, 11) is 0. The van der Waals surface area contributed by atoms with Crippen LogP contribution in [-0.4, -0.2) is 53.1 Å². The molecule has 2 atom stereocenters. The first-order valence-electron chi connectivity index (χ1n) is 8.01. The Balaban J connectivity index is 1.69. The fourth-order valence-corrected chi connectivity index (χ4v) is 3.73. The van der Waals surface area contributed by atoms with Crippen LogP contribution < -0.4 is 0 Å². The maximum atomic E-state index is 11.7. The summed E-state index contributed by atoms with van der Waals surface area (Å²) in [4.78, 5) is 16.4. The number of carboxylic acid groups (broad SMARTS) is 1. The average Bonchev–Trinajstić information content (AvgIpc) is 2.98. The summed E-state index contributed by atoms with van der Waals surface area (Å²) in [5.74, 6) is -0.736. The summed E-state index contributed by atoms with van der Waals surface area (Å²) in [6, 6.07) is 9.66. The Labute approximate surface area is 126 Å². The van der Waals surface area contributed by atoms with Crippen molar-refractivity contribution in [2.45, 2.75) is 37.8 Å². The summed E-state index contributed by atoms with van der Waals surface area (Å²) >= 11 is 0. The lowest BCUT2D eigenvalue weighted by molar-refractivity contribution is -0.143. The van der Waals surface area contributed by atoms with Crippen LogP contribution in [0.5, 0.6) is 0 Å². The van der Waals surface area contributed by atoms with E-state index in [1.807, 2.05) is 30.3 Å². The molecule has 1 N–H and O–H groups in total. The highest BCUT2D eigenvalue weighted by Gasteiger charge is 2.35. The van der Waals surface area contributed by atoms with Gasteiger partial charge in [-0.25, -0.2) is 0 Å². The Kier molecular flexibility index (Phi) is 4.56. The summed E-state index contributed by atoms with van der Waals surface area (Å²) < 4.78 is 0. The molecule has 2 saturated heterocycles. The van der Waals surface area contributed by atoms with E-state index in [1.54, 1.807) is 0 Å². The van der Waals surface area contributed by atoms with E-state index < -0.39 is 12.0 Å². The van der Waals surface area contributed by atoms with Crippen LogP contribution in [0.2, 0.25) is 0 Å². The molecular formula is C17H24N2O2. The molecule has 0 bridgehead atoms. The molecule has 1 aromatic rings. The molecule has 0 radical (unpaired) electrons. The highest BCUT2D eigenvalue weighted by molar-refractivity contribution is 5.75. The molecule has 0 aliphatic carbocycles. The third-order valence-corrected chi connectivity index (χ3v) is 4.82. The van der Waals surface area contributed by atoms with Crippen molar-refractivity contribution in [2.24, 2.45) is 0 Å². The summed E-state index contributed by atoms with van der Waals surface area (Å²) in [6.45, 7) is 4.13. The van der Waals surface area contributed by atoms with Crippen LogP contribution in [0, 0.1) is 0 Å². The number of piperidine rings is 1. The average molecular weight is 288 g/mol. The van der Waals surface area contributed by atoms with Gasteiger partial charge in [0.15, 0.2) is 0 Å². The zero-order valence-corrected chi connectivity index (χ0v) is 12.4. The molecule has 2 heterocycles. The maximum Gasteiger partial charge on any atom is 0.325 e. The third kappa shape index (κ3) is 3.27. The van der Waals surface area contributed by atoms with E-state index in [1.165, 1.54) is 32.4 Å². The van der Waals surface area contributed by atoms with Gasteiger partial charge in [0.25, 0.3) is 0 Å². The summed E-state index contributed by atoms with van der Waals surface area (Å²) in [6.07, 6.45) is 5.01. The fraction of sp³-hybridized carbons (Fsp3) is 0.588. The molecule has 1 aromatic carbocycles. The Morgan fingerprint density at radius 1 is 1.10 bits per heavy atom. The monoisotopic (exact) mass is 288 g/mol. The Bertz CT molecular complexity index is 471. The van der Waals surface area contributed by atoms with E-state index >= 15 is 0 Å². The number of hydrogen-bond acceptors (Lipinski definition) is 3. The van der Waals surface area contributed by atoms with Crippen molar-refractivity contribution in [3.05, 3.63) is 35.9 Å². The minimum Gasteiger partial charge on any atom is -0.480 e. The fourth-order valence-electron chi connectivity index (χ4n) is 3.73. The van der Waals surface area contributed by atoms with E-state index in [0.717, 1.165) is 25.1 Å². The maximum absolute atomic E-state index is 11.7. The van der Waals surface area contributed by atoms with Gasteiger partial charge in [0, 0.05) is 19.1 Å². The molecule has 21 heavy (non-hydrogen) atoms. The van der Waals surface area contributed by atoms with Crippen LogP contribution in [0.1, 0.15) is 37.3 Å². The lowest BCUT2D eigenvalue weighted by atomic mass is 10.1. The van der Waals surface area contributed by atoms with Crippen LogP contribution >= 0.6 is 0 Å². The van der Waals surface area contributed by atoms with Gasteiger partial charge in [-0.1, -0.05) is 36.8 Å². The van der Waals surface area contributed by atoms with Gasteiger partial charge in [-0.3, -0.25) is 14.6 Å². The molecule has 2 unspecified atom stereocenters. The van der Waals surface area contributed by atoms with Gasteiger partial charge in [0.1, 0.15) is 6.04 Å². The van der Waals surface area contributed by atoms with Crippen molar-refractivity contribution in [2.75, 3.05) is 26.2 Å². The minimum atomic E-state index is -0.736. The van der Waals surface area contributed by atoms with Crippen LogP contribution in [0.25, 0.3) is 0 Å². The SMILES string of the molecule is O=C(O)C(c1ccccc1)N1CCC(N2CCCCC2)C1. The lowest BCUT2D eigenvalue weighted by Crippen LogP contribution is -2.42. The second-order valence-corrected chi connectivity index (χ2v) is 6.19. The Hall–Kier alpha value is -1.39. The number of nitrogens with zero attached hydrogens (tertiary/aromatic N) is 2. The molecule has 2 fully saturated rings. The van der Waals surface area contributed by atoms with E-state index in [-0.39, 0.29) is 0 Å². The van der Waals surface area contributed by atoms with Crippen molar-refractivity contribution in [1.29, 1.82) is 0 Å². The van der Waals surface area contributed by atoms with Gasteiger partial charge < -0.3 is 5.11 Å². The van der Waals surface area contributed by atoms with Crippen LogP contribution in [-0.2, 0) is 4.79 Å². The predicted molar refractivity (Wildman–Crippen MR) is 82.2 cm³/mol. The second kappa shape index (κ2) is 6.58. The highest BCUT2D eigenvalue weighted by Crippen LogP contribution is 2.28. The quantitative estimate of drug-likeness (QED) is 0.924. The van der Waals surface area contributed by atoms with Gasteiger partial charge >= 0.3 is 5.97 Å². The largest absolute Gasteiger partial charge is 0.480 e. The number of carboxylic acids is 1. The number of aliphatic carboxylic acids is 1.